The molecule has 6 nitrogen and oxygen atoms in total. The summed E-state index contributed by atoms with van der Waals surface area (Å²) < 4.78 is 2.03. The van der Waals surface area contributed by atoms with Crippen molar-refractivity contribution >= 4 is 38.4 Å². The molecule has 2 aromatic carbocycles. The number of fused-ring (bicyclic) bond motifs is 1. The first-order valence-corrected chi connectivity index (χ1v) is 8.22. The molecule has 0 radical (unpaired) electrons. The number of amides is 1. The highest BCUT2D eigenvalue weighted by Gasteiger charge is 2.09. The lowest BCUT2D eigenvalue weighted by atomic mass is 10.2. The van der Waals surface area contributed by atoms with E-state index in [0.29, 0.717) is 16.6 Å². The predicted octanol–water partition coefficient (Wildman–Crippen LogP) is 2.89. The van der Waals surface area contributed by atoms with Crippen LogP contribution in [0.1, 0.15) is 12.0 Å². The first-order valence-electron chi connectivity index (χ1n) is 7.43. The third kappa shape index (κ3) is 3.51. The van der Waals surface area contributed by atoms with Gasteiger partial charge in [-0.1, -0.05) is 23.4 Å². The van der Waals surface area contributed by atoms with E-state index in [0.717, 1.165) is 10.0 Å². The lowest BCUT2D eigenvalue weighted by Crippen LogP contribution is -2.26. The molecule has 1 aromatic heterocycles. The van der Waals surface area contributed by atoms with Crippen LogP contribution >= 0.6 is 15.9 Å². The van der Waals surface area contributed by atoms with Crippen LogP contribution in [0.4, 0.5) is 5.69 Å². The van der Waals surface area contributed by atoms with E-state index in [-0.39, 0.29) is 24.4 Å². The van der Waals surface area contributed by atoms with Crippen LogP contribution in [-0.2, 0) is 11.3 Å². The highest BCUT2D eigenvalue weighted by atomic mass is 79.9. The van der Waals surface area contributed by atoms with Crippen molar-refractivity contribution in [2.45, 2.75) is 19.9 Å². The number of anilines is 1. The van der Waals surface area contributed by atoms with Crippen molar-refractivity contribution in [2.24, 2.45) is 0 Å². The van der Waals surface area contributed by atoms with E-state index in [1.807, 2.05) is 25.1 Å². The van der Waals surface area contributed by atoms with Gasteiger partial charge in [-0.05, 0) is 52.7 Å². The van der Waals surface area contributed by atoms with E-state index in [1.165, 1.54) is 4.68 Å². The standard InChI is InChI=1S/C17H15BrN4O2/c1-11-6-7-15(13(18)10-11)19-16(23)8-9-22-17(24)12-4-2-3-5-14(12)20-21-22/h2-7,10H,8-9H2,1H3,(H,19,23). The van der Waals surface area contributed by atoms with Gasteiger partial charge in [-0.3, -0.25) is 9.59 Å². The SMILES string of the molecule is Cc1ccc(NC(=O)CCn2nnc3ccccc3c2=O)c(Br)c1. The van der Waals surface area contributed by atoms with Gasteiger partial charge in [0.25, 0.3) is 5.56 Å². The molecule has 0 aliphatic heterocycles. The Morgan fingerprint density at radius 2 is 2.04 bits per heavy atom. The van der Waals surface area contributed by atoms with Crippen LogP contribution in [0, 0.1) is 6.92 Å². The number of aromatic nitrogens is 3. The van der Waals surface area contributed by atoms with Crippen LogP contribution < -0.4 is 10.9 Å². The molecule has 0 atom stereocenters. The molecule has 24 heavy (non-hydrogen) atoms. The third-order valence-electron chi connectivity index (χ3n) is 3.58. The van der Waals surface area contributed by atoms with Crippen molar-refractivity contribution in [2.75, 3.05) is 5.32 Å². The lowest BCUT2D eigenvalue weighted by Gasteiger charge is -2.08. The van der Waals surface area contributed by atoms with E-state index < -0.39 is 0 Å². The van der Waals surface area contributed by atoms with Crippen molar-refractivity contribution in [1.82, 2.24) is 15.0 Å². The number of hydrogen-bond donors (Lipinski definition) is 1. The van der Waals surface area contributed by atoms with Gasteiger partial charge in [-0.2, -0.15) is 0 Å². The normalized spacial score (nSPS) is 10.8. The number of halogens is 1. The summed E-state index contributed by atoms with van der Waals surface area (Å²) in [4.78, 5) is 24.4. The average Bonchev–Trinajstić information content (AvgIpc) is 2.57. The summed E-state index contributed by atoms with van der Waals surface area (Å²) in [6, 6.07) is 12.7. The number of carbonyl (C=O) groups is 1. The minimum absolute atomic E-state index is 0.132. The van der Waals surface area contributed by atoms with Crippen molar-refractivity contribution < 1.29 is 4.79 Å². The number of aryl methyl sites for hydroxylation is 2. The smallest absolute Gasteiger partial charge is 0.277 e. The first kappa shape index (κ1) is 16.3. The Hall–Kier alpha value is -2.54. The molecule has 0 aliphatic carbocycles. The van der Waals surface area contributed by atoms with E-state index in [4.69, 9.17) is 0 Å². The molecule has 0 fully saturated rings. The van der Waals surface area contributed by atoms with Crippen molar-refractivity contribution in [3.05, 3.63) is 62.9 Å². The summed E-state index contributed by atoms with van der Waals surface area (Å²) in [5.74, 6) is -0.193. The van der Waals surface area contributed by atoms with Gasteiger partial charge in [-0.25, -0.2) is 4.68 Å². The van der Waals surface area contributed by atoms with Crippen LogP contribution in [0.5, 0.6) is 0 Å². The summed E-state index contributed by atoms with van der Waals surface area (Å²) in [5.41, 5.74) is 2.09. The number of hydrogen-bond acceptors (Lipinski definition) is 4. The molecule has 1 amide bonds. The topological polar surface area (TPSA) is 76.9 Å². The van der Waals surface area contributed by atoms with Gasteiger partial charge in [0.15, 0.2) is 0 Å². The molecule has 3 aromatic rings. The van der Waals surface area contributed by atoms with Crippen LogP contribution in [0.15, 0.2) is 51.7 Å². The molecule has 0 spiro atoms. The number of nitrogens with one attached hydrogen (secondary N) is 1. The highest BCUT2D eigenvalue weighted by Crippen LogP contribution is 2.23. The van der Waals surface area contributed by atoms with Gasteiger partial charge in [0.2, 0.25) is 5.91 Å². The monoisotopic (exact) mass is 386 g/mol. The van der Waals surface area contributed by atoms with E-state index in [2.05, 4.69) is 31.6 Å². The molecule has 1 heterocycles. The van der Waals surface area contributed by atoms with Crippen LogP contribution in [0.3, 0.4) is 0 Å². The predicted molar refractivity (Wildman–Crippen MR) is 95.9 cm³/mol. The number of carbonyl (C=O) groups excluding carboxylic acids is 1. The maximum atomic E-state index is 12.3. The van der Waals surface area contributed by atoms with Crippen molar-refractivity contribution in [1.29, 1.82) is 0 Å². The van der Waals surface area contributed by atoms with E-state index >= 15 is 0 Å². The molecule has 0 bridgehead atoms. The second-order valence-electron chi connectivity index (χ2n) is 5.42. The van der Waals surface area contributed by atoms with Gasteiger partial charge in [0, 0.05) is 10.9 Å². The summed E-state index contributed by atoms with van der Waals surface area (Å²) in [6.45, 7) is 2.15. The van der Waals surface area contributed by atoms with Gasteiger partial charge in [0.1, 0.15) is 5.52 Å². The molecule has 0 saturated carbocycles. The Morgan fingerprint density at radius 3 is 2.83 bits per heavy atom. The lowest BCUT2D eigenvalue weighted by molar-refractivity contribution is -0.116. The Kier molecular flexibility index (Phi) is 4.71. The molecular weight excluding hydrogens is 372 g/mol. The van der Waals surface area contributed by atoms with Gasteiger partial charge in [-0.15, -0.1) is 5.10 Å². The summed E-state index contributed by atoms with van der Waals surface area (Å²) in [7, 11) is 0. The van der Waals surface area contributed by atoms with Gasteiger partial charge >= 0.3 is 0 Å². The maximum absolute atomic E-state index is 12.3. The fourth-order valence-electron chi connectivity index (χ4n) is 2.31. The third-order valence-corrected chi connectivity index (χ3v) is 4.23. The Balaban J connectivity index is 1.70. The van der Waals surface area contributed by atoms with Crippen LogP contribution in [-0.4, -0.2) is 20.9 Å². The van der Waals surface area contributed by atoms with E-state index in [1.54, 1.807) is 24.3 Å². The van der Waals surface area contributed by atoms with Crippen LogP contribution in [0.25, 0.3) is 10.9 Å². The minimum atomic E-state index is -0.245. The molecule has 0 unspecified atom stereocenters. The molecule has 0 saturated heterocycles. The van der Waals surface area contributed by atoms with Gasteiger partial charge < -0.3 is 5.32 Å². The molecular formula is C17H15BrN4O2. The molecule has 7 heteroatoms. The quantitative estimate of drug-likeness (QED) is 0.747. The number of nitrogens with zero attached hydrogens (tertiary/aromatic N) is 3. The van der Waals surface area contributed by atoms with Crippen LogP contribution in [0.2, 0.25) is 0 Å². The summed E-state index contributed by atoms with van der Waals surface area (Å²) in [5, 5.41) is 11.2. The number of benzene rings is 2. The molecule has 0 aliphatic rings. The zero-order valence-electron chi connectivity index (χ0n) is 13.0. The first-order chi connectivity index (χ1) is 11.5. The highest BCUT2D eigenvalue weighted by molar-refractivity contribution is 9.10. The van der Waals surface area contributed by atoms with Crippen molar-refractivity contribution in [3.63, 3.8) is 0 Å². The zero-order chi connectivity index (χ0) is 17.1. The van der Waals surface area contributed by atoms with Gasteiger partial charge in [0.05, 0.1) is 17.6 Å². The second kappa shape index (κ2) is 6.92. The zero-order valence-corrected chi connectivity index (χ0v) is 14.6. The fraction of sp³-hybridized carbons (Fsp3) is 0.176. The second-order valence-corrected chi connectivity index (χ2v) is 6.27. The largest absolute Gasteiger partial charge is 0.325 e. The molecule has 3 rings (SSSR count). The fourth-order valence-corrected chi connectivity index (χ4v) is 2.90. The van der Waals surface area contributed by atoms with E-state index in [9.17, 15) is 9.59 Å². The Morgan fingerprint density at radius 1 is 1.25 bits per heavy atom. The Bertz CT molecular complexity index is 968. The molecule has 1 N–H and O–H groups in total. The maximum Gasteiger partial charge on any atom is 0.277 e. The summed E-state index contributed by atoms with van der Waals surface area (Å²) in [6.07, 6.45) is 0.132. The number of rotatable bonds is 4. The summed E-state index contributed by atoms with van der Waals surface area (Å²) >= 11 is 3.42. The molecule has 122 valence electrons. The van der Waals surface area contributed by atoms with Crippen molar-refractivity contribution in [3.8, 4) is 0 Å². The Labute approximate surface area is 146 Å². The average molecular weight is 387 g/mol. The minimum Gasteiger partial charge on any atom is -0.325 e.